The zero-order valence-electron chi connectivity index (χ0n) is 7.97. The van der Waals surface area contributed by atoms with E-state index in [0.717, 1.165) is 32.7 Å². The highest BCUT2D eigenvalue weighted by atomic mass is 16.7. The molecular formula is C10H17NO2. The molecule has 0 aromatic heterocycles. The molecule has 0 bridgehead atoms. The minimum absolute atomic E-state index is 0.198. The first kappa shape index (κ1) is 8.21. The smallest absolute Gasteiger partial charge is 0.175 e. The van der Waals surface area contributed by atoms with E-state index in [2.05, 4.69) is 5.32 Å². The zero-order valence-corrected chi connectivity index (χ0v) is 7.97. The van der Waals surface area contributed by atoms with E-state index in [-0.39, 0.29) is 5.79 Å². The molecule has 1 atom stereocenters. The Labute approximate surface area is 78.8 Å². The van der Waals surface area contributed by atoms with Gasteiger partial charge in [0.2, 0.25) is 0 Å². The van der Waals surface area contributed by atoms with Crippen LogP contribution in [0, 0.1) is 5.41 Å². The normalized spacial score (nSPS) is 42.5. The first-order valence-corrected chi connectivity index (χ1v) is 5.36. The Morgan fingerprint density at radius 2 is 1.85 bits per heavy atom. The second-order valence-corrected chi connectivity index (χ2v) is 4.51. The van der Waals surface area contributed by atoms with E-state index in [0.29, 0.717) is 5.41 Å². The fraction of sp³-hybridized carbons (Fsp3) is 1.00. The Morgan fingerprint density at radius 1 is 1.00 bits per heavy atom. The van der Waals surface area contributed by atoms with Crippen LogP contribution in [0.5, 0.6) is 0 Å². The molecule has 3 aliphatic rings. The molecule has 3 fully saturated rings. The predicted octanol–water partition coefficient (Wildman–Crippen LogP) is 0.893. The van der Waals surface area contributed by atoms with Crippen LogP contribution in [0.25, 0.3) is 0 Å². The molecule has 2 heterocycles. The van der Waals surface area contributed by atoms with Crippen molar-refractivity contribution in [2.75, 3.05) is 26.3 Å². The van der Waals surface area contributed by atoms with Gasteiger partial charge in [-0.1, -0.05) is 0 Å². The minimum atomic E-state index is -0.198. The van der Waals surface area contributed by atoms with Gasteiger partial charge in [-0.3, -0.25) is 0 Å². The van der Waals surface area contributed by atoms with Crippen LogP contribution in [0.1, 0.15) is 25.7 Å². The molecule has 1 aliphatic carbocycles. The second-order valence-electron chi connectivity index (χ2n) is 4.51. The highest BCUT2D eigenvalue weighted by molar-refractivity contribution is 5.05. The molecule has 0 aromatic carbocycles. The number of ether oxygens (including phenoxy) is 2. The van der Waals surface area contributed by atoms with Crippen LogP contribution in [0.3, 0.4) is 0 Å². The molecule has 2 aliphatic heterocycles. The van der Waals surface area contributed by atoms with Crippen molar-refractivity contribution in [3.05, 3.63) is 0 Å². The third-order valence-corrected chi connectivity index (χ3v) is 3.97. The molecular weight excluding hydrogens is 166 g/mol. The fourth-order valence-electron chi connectivity index (χ4n) is 3.30. The average Bonchev–Trinajstić information content (AvgIpc) is 2.79. The number of hydrogen-bond acceptors (Lipinski definition) is 3. The highest BCUT2D eigenvalue weighted by Crippen LogP contribution is 2.54. The maximum Gasteiger partial charge on any atom is 0.175 e. The highest BCUT2D eigenvalue weighted by Gasteiger charge is 2.59. The molecule has 0 radical (unpaired) electrons. The summed E-state index contributed by atoms with van der Waals surface area (Å²) in [6.45, 7) is 3.81. The first-order valence-electron chi connectivity index (χ1n) is 5.36. The van der Waals surface area contributed by atoms with Gasteiger partial charge >= 0.3 is 0 Å². The first-order chi connectivity index (χ1) is 6.37. The molecule has 0 unspecified atom stereocenters. The minimum Gasteiger partial charge on any atom is -0.347 e. The fourth-order valence-corrected chi connectivity index (χ4v) is 3.30. The van der Waals surface area contributed by atoms with Crippen molar-refractivity contribution in [2.24, 2.45) is 5.41 Å². The lowest BCUT2D eigenvalue weighted by atomic mass is 9.80. The van der Waals surface area contributed by atoms with Crippen molar-refractivity contribution in [2.45, 2.75) is 31.5 Å². The van der Waals surface area contributed by atoms with Crippen LogP contribution < -0.4 is 5.32 Å². The molecule has 0 aromatic rings. The summed E-state index contributed by atoms with van der Waals surface area (Å²) in [4.78, 5) is 0. The van der Waals surface area contributed by atoms with Gasteiger partial charge in [0.05, 0.1) is 13.2 Å². The molecule has 1 N–H and O–H groups in total. The van der Waals surface area contributed by atoms with Gasteiger partial charge in [0.25, 0.3) is 0 Å². The van der Waals surface area contributed by atoms with Crippen molar-refractivity contribution >= 4 is 0 Å². The second kappa shape index (κ2) is 2.69. The Morgan fingerprint density at radius 3 is 2.54 bits per heavy atom. The summed E-state index contributed by atoms with van der Waals surface area (Å²) in [6.07, 6.45) is 4.88. The van der Waals surface area contributed by atoms with E-state index in [1.807, 2.05) is 0 Å². The van der Waals surface area contributed by atoms with E-state index in [9.17, 15) is 0 Å². The van der Waals surface area contributed by atoms with E-state index in [1.165, 1.54) is 19.3 Å². The topological polar surface area (TPSA) is 30.5 Å². The summed E-state index contributed by atoms with van der Waals surface area (Å²) in [5.41, 5.74) is 0.309. The van der Waals surface area contributed by atoms with Crippen molar-refractivity contribution in [3.63, 3.8) is 0 Å². The largest absolute Gasteiger partial charge is 0.347 e. The lowest BCUT2D eigenvalue weighted by Gasteiger charge is -2.38. The molecule has 13 heavy (non-hydrogen) atoms. The monoisotopic (exact) mass is 183 g/mol. The van der Waals surface area contributed by atoms with Crippen molar-refractivity contribution in [1.82, 2.24) is 5.32 Å². The number of rotatable bonds is 0. The maximum absolute atomic E-state index is 5.88. The van der Waals surface area contributed by atoms with Gasteiger partial charge < -0.3 is 14.8 Å². The summed E-state index contributed by atoms with van der Waals surface area (Å²) in [5, 5.41) is 3.45. The van der Waals surface area contributed by atoms with Gasteiger partial charge in [-0.15, -0.1) is 0 Å². The van der Waals surface area contributed by atoms with E-state index >= 15 is 0 Å². The average molecular weight is 183 g/mol. The quantitative estimate of drug-likeness (QED) is 0.605. The zero-order chi connectivity index (χ0) is 8.78. The van der Waals surface area contributed by atoms with Crippen LogP contribution in [-0.4, -0.2) is 32.1 Å². The van der Waals surface area contributed by atoms with Crippen LogP contribution in [0.2, 0.25) is 0 Å². The van der Waals surface area contributed by atoms with Gasteiger partial charge in [-0.2, -0.15) is 0 Å². The Hall–Kier alpha value is -0.120. The lowest BCUT2D eigenvalue weighted by Crippen LogP contribution is -2.46. The summed E-state index contributed by atoms with van der Waals surface area (Å²) in [6, 6.07) is 0. The van der Waals surface area contributed by atoms with Gasteiger partial charge in [0.1, 0.15) is 0 Å². The third-order valence-electron chi connectivity index (χ3n) is 3.97. The van der Waals surface area contributed by atoms with Gasteiger partial charge in [-0.05, 0) is 25.8 Å². The molecule has 3 rings (SSSR count). The Balaban J connectivity index is 1.92. The standard InChI is InChI=1S/C10H17NO2/c1-2-9(4-5-11-8-9)10(3-1)12-6-7-13-10/h11H,1-8H2/t9-/m1/s1. The van der Waals surface area contributed by atoms with Crippen molar-refractivity contribution < 1.29 is 9.47 Å². The molecule has 3 nitrogen and oxygen atoms in total. The molecule has 74 valence electrons. The maximum atomic E-state index is 5.88. The Kier molecular flexibility index (Phi) is 1.70. The molecule has 2 spiro atoms. The molecule has 3 heteroatoms. The van der Waals surface area contributed by atoms with E-state index in [1.54, 1.807) is 0 Å². The van der Waals surface area contributed by atoms with Crippen LogP contribution in [-0.2, 0) is 9.47 Å². The summed E-state index contributed by atoms with van der Waals surface area (Å²) in [7, 11) is 0. The summed E-state index contributed by atoms with van der Waals surface area (Å²) >= 11 is 0. The number of nitrogens with one attached hydrogen (secondary N) is 1. The van der Waals surface area contributed by atoms with Crippen molar-refractivity contribution in [1.29, 1.82) is 0 Å². The van der Waals surface area contributed by atoms with Crippen molar-refractivity contribution in [3.8, 4) is 0 Å². The van der Waals surface area contributed by atoms with Gasteiger partial charge in [0, 0.05) is 18.4 Å². The lowest BCUT2D eigenvalue weighted by molar-refractivity contribution is -0.215. The summed E-state index contributed by atoms with van der Waals surface area (Å²) in [5.74, 6) is -0.198. The third kappa shape index (κ3) is 0.953. The van der Waals surface area contributed by atoms with Gasteiger partial charge in [0.15, 0.2) is 5.79 Å². The number of hydrogen-bond donors (Lipinski definition) is 1. The van der Waals surface area contributed by atoms with Crippen LogP contribution in [0.15, 0.2) is 0 Å². The SMILES string of the molecule is C1CC2(OCCO2)[C@]2(C1)CCNC2. The van der Waals surface area contributed by atoms with Gasteiger partial charge in [-0.25, -0.2) is 0 Å². The van der Waals surface area contributed by atoms with E-state index < -0.39 is 0 Å². The van der Waals surface area contributed by atoms with E-state index in [4.69, 9.17) is 9.47 Å². The Bertz CT molecular complexity index is 172. The molecule has 1 saturated carbocycles. The van der Waals surface area contributed by atoms with Crippen LogP contribution in [0.4, 0.5) is 0 Å². The van der Waals surface area contributed by atoms with Crippen LogP contribution >= 0.6 is 0 Å². The summed E-state index contributed by atoms with van der Waals surface area (Å²) < 4.78 is 11.8. The molecule has 0 amide bonds. The predicted molar refractivity (Wildman–Crippen MR) is 48.4 cm³/mol. The molecule has 2 saturated heterocycles. The number of fused-ring (bicyclic) bond motifs is 1.